The van der Waals surface area contributed by atoms with Crippen molar-refractivity contribution in [2.45, 2.75) is 0 Å². The van der Waals surface area contributed by atoms with Gasteiger partial charge in [-0.2, -0.15) is 0 Å². The highest BCUT2D eigenvalue weighted by atomic mass is 32.2. The van der Waals surface area contributed by atoms with Gasteiger partial charge in [-0.15, -0.1) is 5.73 Å². The molecule has 0 N–H and O–H groups in total. The zero-order chi connectivity index (χ0) is 13.1. The Labute approximate surface area is 114 Å². The molecule has 0 radical (unpaired) electrons. The lowest BCUT2D eigenvalue weighted by Gasteiger charge is -2.04. The first-order valence-corrected chi connectivity index (χ1v) is 6.52. The van der Waals surface area contributed by atoms with Crippen molar-refractivity contribution in [3.8, 4) is 0 Å². The highest BCUT2D eigenvalue weighted by Crippen LogP contribution is 2.30. The van der Waals surface area contributed by atoms with Crippen LogP contribution in [-0.4, -0.2) is 22.7 Å². The van der Waals surface area contributed by atoms with Crippen molar-refractivity contribution in [1.82, 2.24) is 9.97 Å². The monoisotopic (exact) mass is 266 g/mol. The van der Waals surface area contributed by atoms with Gasteiger partial charge in [-0.05, 0) is 18.2 Å². The summed E-state index contributed by atoms with van der Waals surface area (Å²) in [6, 6.07) is 0. The molecule has 0 fully saturated rings. The second-order valence-electron chi connectivity index (χ2n) is 3.90. The molecule has 0 amide bonds. The molecule has 3 heterocycles. The first-order valence-electron chi connectivity index (χ1n) is 5.70. The Morgan fingerprint density at radius 2 is 2.32 bits per heavy atom. The Hall–Kier alpha value is -2.23. The van der Waals surface area contributed by atoms with Gasteiger partial charge in [0.1, 0.15) is 6.33 Å². The van der Waals surface area contributed by atoms with Crippen LogP contribution in [0.5, 0.6) is 0 Å². The molecule has 5 heteroatoms. The normalized spacial score (nSPS) is 20.9. The van der Waals surface area contributed by atoms with Gasteiger partial charge in [-0.3, -0.25) is 9.98 Å². The zero-order valence-electron chi connectivity index (χ0n) is 10.1. The van der Waals surface area contributed by atoms with Crippen LogP contribution in [-0.2, 0) is 0 Å². The number of aromatic nitrogens is 2. The molecule has 0 spiro atoms. The van der Waals surface area contributed by atoms with Gasteiger partial charge in [-0.1, -0.05) is 18.3 Å². The van der Waals surface area contributed by atoms with Gasteiger partial charge in [0.05, 0.1) is 12.2 Å². The second-order valence-corrected chi connectivity index (χ2v) is 5.07. The Balaban J connectivity index is 2.18. The first kappa shape index (κ1) is 11.8. The van der Waals surface area contributed by atoms with Crippen molar-refractivity contribution in [3.63, 3.8) is 0 Å². The van der Waals surface area contributed by atoms with E-state index in [0.717, 1.165) is 20.7 Å². The molecule has 0 atom stereocenters. The molecule has 2 aliphatic heterocycles. The molecule has 0 bridgehead atoms. The Kier molecular flexibility index (Phi) is 3.23. The van der Waals surface area contributed by atoms with E-state index in [1.165, 1.54) is 6.33 Å². The van der Waals surface area contributed by atoms with E-state index < -0.39 is 0 Å². The minimum atomic E-state index is 0.482. The fourth-order valence-electron chi connectivity index (χ4n) is 1.71. The average Bonchev–Trinajstić information content (AvgIpc) is 2.59. The molecule has 0 aromatic carbocycles. The van der Waals surface area contributed by atoms with Gasteiger partial charge in [0.25, 0.3) is 0 Å². The van der Waals surface area contributed by atoms with Crippen LogP contribution in [0.15, 0.2) is 62.5 Å². The first-order chi connectivity index (χ1) is 9.33. The number of rotatable bonds is 0. The van der Waals surface area contributed by atoms with E-state index in [2.05, 4.69) is 32.3 Å². The summed E-state index contributed by atoms with van der Waals surface area (Å²) in [5, 5.41) is 0.876. The van der Waals surface area contributed by atoms with Crippen LogP contribution >= 0.6 is 11.8 Å². The summed E-state index contributed by atoms with van der Waals surface area (Å²) >= 11 is 1.56. The Morgan fingerprint density at radius 3 is 3.26 bits per heavy atom. The van der Waals surface area contributed by atoms with Crippen LogP contribution in [0, 0.1) is 0 Å². The van der Waals surface area contributed by atoms with E-state index >= 15 is 0 Å². The molecule has 3 rings (SSSR count). The smallest absolute Gasteiger partial charge is 0.158 e. The third kappa shape index (κ3) is 2.62. The Bertz CT molecular complexity index is 780. The lowest BCUT2D eigenvalue weighted by Crippen LogP contribution is -2.29. The molecule has 92 valence electrons. The molecule has 19 heavy (non-hydrogen) atoms. The predicted octanol–water partition coefficient (Wildman–Crippen LogP) is 1.14. The third-order valence-corrected chi connectivity index (χ3v) is 3.51. The van der Waals surface area contributed by atoms with E-state index in [1.54, 1.807) is 30.2 Å². The molecule has 0 saturated carbocycles. The van der Waals surface area contributed by atoms with Gasteiger partial charge >= 0.3 is 0 Å². The van der Waals surface area contributed by atoms with Gasteiger partial charge in [0.15, 0.2) is 5.49 Å². The largest absolute Gasteiger partial charge is 0.260 e. The minimum Gasteiger partial charge on any atom is -0.260 e. The van der Waals surface area contributed by atoms with Gasteiger partial charge in [0, 0.05) is 27.4 Å². The van der Waals surface area contributed by atoms with E-state index in [4.69, 9.17) is 0 Å². The maximum absolute atomic E-state index is 4.50. The zero-order valence-corrected chi connectivity index (χ0v) is 10.9. The molecule has 1 aromatic heterocycles. The van der Waals surface area contributed by atoms with Crippen LogP contribution < -0.4 is 10.7 Å². The summed E-state index contributed by atoms with van der Waals surface area (Å²) in [5.74, 6) is 0. The molecule has 4 nitrogen and oxygen atoms in total. The Morgan fingerprint density at radius 1 is 1.37 bits per heavy atom. The van der Waals surface area contributed by atoms with Gasteiger partial charge in [-0.25, -0.2) is 9.97 Å². The van der Waals surface area contributed by atoms with Crippen LogP contribution in [0.4, 0.5) is 0 Å². The lowest BCUT2D eigenvalue weighted by atomic mass is 10.4. The van der Waals surface area contributed by atoms with Crippen LogP contribution in [0.2, 0.25) is 0 Å². The number of hydrogen-bond acceptors (Lipinski definition) is 5. The minimum absolute atomic E-state index is 0.482. The summed E-state index contributed by atoms with van der Waals surface area (Å²) in [6.07, 6.45) is 10.6. The van der Waals surface area contributed by atoms with Crippen molar-refractivity contribution >= 4 is 24.1 Å². The SMILES string of the molecule is C=C1/C=c2/cncn/c2=N/CC2=C(C=C=CC=N2)S1. The average molecular weight is 266 g/mol. The van der Waals surface area contributed by atoms with Crippen molar-refractivity contribution in [2.75, 3.05) is 6.54 Å². The maximum atomic E-state index is 4.50. The summed E-state index contributed by atoms with van der Waals surface area (Å²) in [5.41, 5.74) is 4.62. The molecule has 0 aliphatic carbocycles. The van der Waals surface area contributed by atoms with Crippen molar-refractivity contribution in [3.05, 3.63) is 63.2 Å². The standard InChI is InChI=1S/C14H10N4S/c1-10-6-11-7-15-9-18-14(11)17-8-12-13(19-10)4-2-3-5-16-12/h3-7,9H,1,8H2/b11-6-,17-14+. The molecule has 0 saturated heterocycles. The van der Waals surface area contributed by atoms with Crippen molar-refractivity contribution in [1.29, 1.82) is 0 Å². The van der Waals surface area contributed by atoms with Crippen LogP contribution in [0.25, 0.3) is 6.08 Å². The number of fused-ring (bicyclic) bond motifs is 1. The maximum Gasteiger partial charge on any atom is 0.158 e. The van der Waals surface area contributed by atoms with E-state index in [9.17, 15) is 0 Å². The third-order valence-electron chi connectivity index (χ3n) is 2.55. The molecular formula is C14H10N4S. The molecule has 2 aliphatic rings. The summed E-state index contributed by atoms with van der Waals surface area (Å²) in [4.78, 5) is 19.0. The fraction of sp³-hybridized carbons (Fsp3) is 0.0714. The quantitative estimate of drug-likeness (QED) is 0.662. The summed E-state index contributed by atoms with van der Waals surface area (Å²) in [7, 11) is 0. The number of thioether (sulfide) groups is 1. The second kappa shape index (κ2) is 5.18. The summed E-state index contributed by atoms with van der Waals surface area (Å²) < 4.78 is 0. The topological polar surface area (TPSA) is 50.5 Å². The number of hydrogen-bond donors (Lipinski definition) is 0. The van der Waals surface area contributed by atoms with Crippen molar-refractivity contribution < 1.29 is 0 Å². The summed E-state index contributed by atoms with van der Waals surface area (Å²) in [6.45, 7) is 4.53. The van der Waals surface area contributed by atoms with Gasteiger partial charge in [0.2, 0.25) is 0 Å². The molecule has 1 aromatic rings. The van der Waals surface area contributed by atoms with Crippen LogP contribution in [0.3, 0.4) is 0 Å². The number of nitrogens with zero attached hydrogens (tertiary/aromatic N) is 4. The number of aliphatic imine (C=N–C) groups is 1. The van der Waals surface area contributed by atoms with E-state index in [1.807, 2.05) is 12.2 Å². The molecular weight excluding hydrogens is 256 g/mol. The lowest BCUT2D eigenvalue weighted by molar-refractivity contribution is 0.964. The highest BCUT2D eigenvalue weighted by molar-refractivity contribution is 8.07. The molecule has 0 unspecified atom stereocenters. The van der Waals surface area contributed by atoms with E-state index in [0.29, 0.717) is 12.0 Å². The highest BCUT2D eigenvalue weighted by Gasteiger charge is 2.08. The van der Waals surface area contributed by atoms with Crippen LogP contribution in [0.1, 0.15) is 0 Å². The van der Waals surface area contributed by atoms with Crippen molar-refractivity contribution in [2.24, 2.45) is 9.98 Å². The predicted molar refractivity (Wildman–Crippen MR) is 77.0 cm³/mol. The number of allylic oxidation sites excluding steroid dienone is 2. The van der Waals surface area contributed by atoms with Gasteiger partial charge < -0.3 is 0 Å². The fourth-order valence-corrected chi connectivity index (χ4v) is 2.54. The van der Waals surface area contributed by atoms with E-state index in [-0.39, 0.29) is 0 Å².